The number of hydrogen-bond donors (Lipinski definition) is 2. The summed E-state index contributed by atoms with van der Waals surface area (Å²) in [7, 11) is 0. The molecule has 1 saturated heterocycles. The molecule has 1 aromatic carbocycles. The van der Waals surface area contributed by atoms with Crippen LogP contribution in [-0.4, -0.2) is 28.2 Å². The van der Waals surface area contributed by atoms with Crippen molar-refractivity contribution in [2.75, 3.05) is 18.0 Å². The Balaban J connectivity index is 1.70. The van der Waals surface area contributed by atoms with E-state index in [0.29, 0.717) is 11.5 Å². The third-order valence-corrected chi connectivity index (χ3v) is 4.11. The molecule has 1 aliphatic heterocycles. The number of nitrogens with zero attached hydrogens (tertiary/aromatic N) is 4. The zero-order valence-electron chi connectivity index (χ0n) is 12.6. The van der Waals surface area contributed by atoms with Crippen molar-refractivity contribution in [2.45, 2.75) is 12.8 Å². The van der Waals surface area contributed by atoms with E-state index in [9.17, 15) is 5.11 Å². The summed E-state index contributed by atoms with van der Waals surface area (Å²) >= 11 is 0. The fourth-order valence-corrected chi connectivity index (χ4v) is 2.94. The highest BCUT2D eigenvalue weighted by Gasteiger charge is 2.15. The van der Waals surface area contributed by atoms with E-state index in [1.807, 2.05) is 18.2 Å². The molecule has 23 heavy (non-hydrogen) atoms. The number of H-pyrrole nitrogens is 1. The molecule has 0 atom stereocenters. The van der Waals surface area contributed by atoms with E-state index in [0.717, 1.165) is 24.0 Å². The highest BCUT2D eigenvalue weighted by Crippen LogP contribution is 2.38. The molecule has 6 heteroatoms. The molecule has 1 aliphatic rings. The van der Waals surface area contributed by atoms with Gasteiger partial charge in [-0.1, -0.05) is 6.07 Å². The minimum atomic E-state index is 0.0262. The van der Waals surface area contributed by atoms with Gasteiger partial charge >= 0.3 is 0 Å². The third-order valence-electron chi connectivity index (χ3n) is 4.11. The second-order valence-corrected chi connectivity index (χ2v) is 5.63. The van der Waals surface area contributed by atoms with Gasteiger partial charge in [0.1, 0.15) is 0 Å². The Labute approximate surface area is 133 Å². The molecule has 3 aromatic rings. The van der Waals surface area contributed by atoms with Crippen LogP contribution in [0, 0.1) is 0 Å². The van der Waals surface area contributed by atoms with Gasteiger partial charge in [0.2, 0.25) is 5.88 Å². The van der Waals surface area contributed by atoms with E-state index in [2.05, 4.69) is 37.2 Å². The second kappa shape index (κ2) is 5.72. The quantitative estimate of drug-likeness (QED) is 0.709. The second-order valence-electron chi connectivity index (χ2n) is 5.63. The van der Waals surface area contributed by atoms with Crippen LogP contribution in [-0.2, 0) is 0 Å². The number of azo groups is 1. The zero-order valence-corrected chi connectivity index (χ0v) is 12.6. The van der Waals surface area contributed by atoms with Crippen molar-refractivity contribution in [1.29, 1.82) is 0 Å². The standard InChI is InChI=1S/C17H17N5O/c23-17-16(21-20-15-5-1-2-8-18-15)13-7-6-12(11-14(13)19-17)22-9-3-4-10-22/h1-2,5-8,11,19,23H,3-4,9-10H2. The summed E-state index contributed by atoms with van der Waals surface area (Å²) in [5, 5.41) is 19.2. The maximum absolute atomic E-state index is 10.1. The first-order valence-corrected chi connectivity index (χ1v) is 7.74. The first-order valence-electron chi connectivity index (χ1n) is 7.74. The molecule has 3 heterocycles. The topological polar surface area (TPSA) is 76.9 Å². The van der Waals surface area contributed by atoms with E-state index in [4.69, 9.17) is 0 Å². The summed E-state index contributed by atoms with van der Waals surface area (Å²) in [6, 6.07) is 11.5. The number of nitrogens with one attached hydrogen (secondary N) is 1. The number of hydrogen-bond acceptors (Lipinski definition) is 5. The molecule has 4 rings (SSSR count). The van der Waals surface area contributed by atoms with Crippen LogP contribution in [0.4, 0.5) is 17.2 Å². The summed E-state index contributed by atoms with van der Waals surface area (Å²) in [6.07, 6.45) is 4.13. The molecular weight excluding hydrogens is 290 g/mol. The van der Waals surface area contributed by atoms with Crippen LogP contribution in [0.5, 0.6) is 5.88 Å². The lowest BCUT2D eigenvalue weighted by molar-refractivity contribution is 0.459. The molecule has 0 spiro atoms. The van der Waals surface area contributed by atoms with Crippen molar-refractivity contribution >= 4 is 28.1 Å². The largest absolute Gasteiger partial charge is 0.493 e. The van der Waals surface area contributed by atoms with Gasteiger partial charge in [-0.05, 0) is 43.2 Å². The molecule has 0 aliphatic carbocycles. The van der Waals surface area contributed by atoms with Crippen LogP contribution in [0.1, 0.15) is 12.8 Å². The van der Waals surface area contributed by atoms with Crippen LogP contribution in [0.15, 0.2) is 52.8 Å². The van der Waals surface area contributed by atoms with Crippen LogP contribution >= 0.6 is 0 Å². The van der Waals surface area contributed by atoms with Gasteiger partial charge in [0.05, 0.1) is 5.52 Å². The smallest absolute Gasteiger partial charge is 0.218 e. The Hall–Kier alpha value is -2.89. The zero-order chi connectivity index (χ0) is 15.6. The van der Waals surface area contributed by atoms with E-state index >= 15 is 0 Å². The third kappa shape index (κ3) is 2.63. The summed E-state index contributed by atoms with van der Waals surface area (Å²) in [6.45, 7) is 2.18. The monoisotopic (exact) mass is 307 g/mol. The number of fused-ring (bicyclic) bond motifs is 1. The maximum Gasteiger partial charge on any atom is 0.218 e. The van der Waals surface area contributed by atoms with Gasteiger partial charge in [0.25, 0.3) is 0 Å². The maximum atomic E-state index is 10.1. The lowest BCUT2D eigenvalue weighted by Gasteiger charge is -2.17. The van der Waals surface area contributed by atoms with E-state index in [1.54, 1.807) is 12.3 Å². The average Bonchev–Trinajstić information content (AvgIpc) is 3.21. The molecule has 6 nitrogen and oxygen atoms in total. The van der Waals surface area contributed by atoms with Crippen LogP contribution in [0.2, 0.25) is 0 Å². The first kappa shape index (κ1) is 13.8. The van der Waals surface area contributed by atoms with Crippen LogP contribution in [0.3, 0.4) is 0 Å². The fraction of sp³-hybridized carbons (Fsp3) is 0.235. The molecule has 0 radical (unpaired) electrons. The predicted molar refractivity (Wildman–Crippen MR) is 89.8 cm³/mol. The lowest BCUT2D eigenvalue weighted by atomic mass is 10.2. The van der Waals surface area contributed by atoms with E-state index in [-0.39, 0.29) is 5.88 Å². The Bertz CT molecular complexity index is 850. The van der Waals surface area contributed by atoms with Crippen molar-refractivity contribution in [3.63, 3.8) is 0 Å². The molecule has 0 unspecified atom stereocenters. The molecule has 2 N–H and O–H groups in total. The van der Waals surface area contributed by atoms with E-state index in [1.165, 1.54) is 18.5 Å². The SMILES string of the molecule is Oc1[nH]c2cc(N3CCCC3)ccc2c1N=Nc1ccccn1. The molecule has 2 aromatic heterocycles. The van der Waals surface area contributed by atoms with Crippen molar-refractivity contribution in [3.05, 3.63) is 42.6 Å². The average molecular weight is 307 g/mol. The molecule has 0 bridgehead atoms. The van der Waals surface area contributed by atoms with Crippen molar-refractivity contribution in [2.24, 2.45) is 10.2 Å². The number of aromatic hydroxyl groups is 1. The summed E-state index contributed by atoms with van der Waals surface area (Å²) < 4.78 is 0. The molecule has 0 saturated carbocycles. The Morgan fingerprint density at radius 1 is 1.09 bits per heavy atom. The van der Waals surface area contributed by atoms with Gasteiger partial charge in [0.15, 0.2) is 11.5 Å². The minimum Gasteiger partial charge on any atom is -0.493 e. The van der Waals surface area contributed by atoms with Crippen molar-refractivity contribution in [3.8, 4) is 5.88 Å². The normalized spacial score (nSPS) is 15.0. The first-order chi connectivity index (χ1) is 11.3. The van der Waals surface area contributed by atoms with Crippen LogP contribution in [0.25, 0.3) is 10.9 Å². The number of aromatic amines is 1. The molecule has 1 fully saturated rings. The molecule has 0 amide bonds. The van der Waals surface area contributed by atoms with Gasteiger partial charge in [-0.15, -0.1) is 10.2 Å². The highest BCUT2D eigenvalue weighted by molar-refractivity contribution is 5.96. The summed E-state index contributed by atoms with van der Waals surface area (Å²) in [5.41, 5.74) is 2.48. The number of anilines is 1. The number of rotatable bonds is 3. The highest BCUT2D eigenvalue weighted by atomic mass is 16.3. The Morgan fingerprint density at radius 2 is 1.96 bits per heavy atom. The molecular formula is C17H17N5O. The van der Waals surface area contributed by atoms with Gasteiger partial charge in [0, 0.05) is 30.4 Å². The van der Waals surface area contributed by atoms with E-state index < -0.39 is 0 Å². The Kier molecular flexibility index (Phi) is 3.42. The van der Waals surface area contributed by atoms with Crippen LogP contribution < -0.4 is 4.90 Å². The van der Waals surface area contributed by atoms with Gasteiger partial charge < -0.3 is 15.0 Å². The lowest BCUT2D eigenvalue weighted by Crippen LogP contribution is -2.17. The predicted octanol–water partition coefficient (Wildman–Crippen LogP) is 4.28. The summed E-state index contributed by atoms with van der Waals surface area (Å²) in [5.74, 6) is 0.535. The van der Waals surface area contributed by atoms with Gasteiger partial charge in [-0.3, -0.25) is 0 Å². The van der Waals surface area contributed by atoms with Gasteiger partial charge in [-0.25, -0.2) is 4.98 Å². The van der Waals surface area contributed by atoms with Crippen molar-refractivity contribution in [1.82, 2.24) is 9.97 Å². The summed E-state index contributed by atoms with van der Waals surface area (Å²) in [4.78, 5) is 9.43. The number of pyridine rings is 1. The Morgan fingerprint density at radius 3 is 2.74 bits per heavy atom. The number of benzene rings is 1. The van der Waals surface area contributed by atoms with Gasteiger partial charge in [-0.2, -0.15) is 0 Å². The minimum absolute atomic E-state index is 0.0262. The molecule has 116 valence electrons. The number of aromatic nitrogens is 2. The van der Waals surface area contributed by atoms with Crippen molar-refractivity contribution < 1.29 is 5.11 Å². The fourth-order valence-electron chi connectivity index (χ4n) is 2.94.